The maximum Gasteiger partial charge on any atom is 0.312 e. The molecule has 0 aromatic carbocycles. The Morgan fingerprint density at radius 1 is 0.938 bits per heavy atom. The first kappa shape index (κ1) is 14.7. The van der Waals surface area contributed by atoms with Crippen LogP contribution < -0.4 is 22.1 Å². The van der Waals surface area contributed by atoms with Crippen LogP contribution in [0.25, 0.3) is 0 Å². The Morgan fingerprint density at radius 2 is 1.56 bits per heavy atom. The maximum atomic E-state index is 11.2. The van der Waals surface area contributed by atoms with Crippen LogP contribution >= 0.6 is 0 Å². The summed E-state index contributed by atoms with van der Waals surface area (Å²) < 4.78 is 0. The van der Waals surface area contributed by atoms with Crippen LogP contribution in [0.2, 0.25) is 0 Å². The first-order valence-corrected chi connectivity index (χ1v) is 5.67. The van der Waals surface area contributed by atoms with Crippen molar-refractivity contribution in [1.82, 2.24) is 10.6 Å². The molecule has 0 aromatic rings. The van der Waals surface area contributed by atoms with Gasteiger partial charge in [-0.2, -0.15) is 0 Å². The number of nitrogens with one attached hydrogen (secondary N) is 2. The smallest absolute Gasteiger partial charge is 0.312 e. The molecule has 0 unspecified atom stereocenters. The quantitative estimate of drug-likeness (QED) is 0.407. The van der Waals surface area contributed by atoms with Crippen molar-refractivity contribution in [2.75, 3.05) is 19.6 Å². The summed E-state index contributed by atoms with van der Waals surface area (Å²) in [5, 5.41) is 5.09. The third-order valence-corrected chi connectivity index (χ3v) is 2.10. The van der Waals surface area contributed by atoms with Gasteiger partial charge in [0.25, 0.3) is 0 Å². The highest BCUT2D eigenvalue weighted by molar-refractivity contribution is 5.76. The van der Waals surface area contributed by atoms with Crippen LogP contribution in [-0.4, -0.2) is 31.6 Å². The minimum Gasteiger partial charge on any atom is -0.354 e. The molecule has 0 bridgehead atoms. The lowest BCUT2D eigenvalue weighted by Crippen LogP contribution is -2.37. The first-order chi connectivity index (χ1) is 7.66. The van der Waals surface area contributed by atoms with E-state index >= 15 is 0 Å². The zero-order chi connectivity index (χ0) is 12.2. The molecule has 0 rings (SSSR count). The van der Waals surface area contributed by atoms with Gasteiger partial charge in [0.1, 0.15) is 0 Å². The molecule has 0 radical (unpaired) electrons. The van der Waals surface area contributed by atoms with Gasteiger partial charge in [0.05, 0.1) is 0 Å². The summed E-state index contributed by atoms with van der Waals surface area (Å²) in [4.78, 5) is 21.5. The summed E-state index contributed by atoms with van der Waals surface area (Å²) in [6.45, 7) is 1.50. The number of unbranched alkanes of at least 4 members (excludes halogenated alkanes) is 3. The number of amides is 3. The average molecular weight is 230 g/mol. The van der Waals surface area contributed by atoms with Crippen LogP contribution in [0, 0.1) is 0 Å². The average Bonchev–Trinajstić information content (AvgIpc) is 2.24. The lowest BCUT2D eigenvalue weighted by Gasteiger charge is -2.05. The lowest BCUT2D eigenvalue weighted by molar-refractivity contribution is -0.121. The summed E-state index contributed by atoms with van der Waals surface area (Å²) >= 11 is 0. The second-order valence-electron chi connectivity index (χ2n) is 3.59. The molecule has 0 saturated heterocycles. The Bertz CT molecular complexity index is 209. The molecule has 0 heterocycles. The Morgan fingerprint density at radius 3 is 2.19 bits per heavy atom. The van der Waals surface area contributed by atoms with Crippen molar-refractivity contribution in [2.45, 2.75) is 32.1 Å². The Labute approximate surface area is 96.1 Å². The van der Waals surface area contributed by atoms with Crippen molar-refractivity contribution in [2.24, 2.45) is 11.5 Å². The fraction of sp³-hybridized carbons (Fsp3) is 0.800. The fourth-order valence-electron chi connectivity index (χ4n) is 1.26. The Kier molecular flexibility index (Phi) is 9.39. The summed E-state index contributed by atoms with van der Waals surface area (Å²) in [5.74, 6) is 0.0130. The number of primary amides is 1. The molecule has 3 amide bonds. The molecule has 0 aliphatic rings. The van der Waals surface area contributed by atoms with Gasteiger partial charge in [-0.05, 0) is 19.4 Å². The maximum absolute atomic E-state index is 11.2. The molecule has 6 N–H and O–H groups in total. The van der Waals surface area contributed by atoms with Crippen LogP contribution in [0.15, 0.2) is 0 Å². The highest BCUT2D eigenvalue weighted by Crippen LogP contribution is 2.01. The van der Waals surface area contributed by atoms with E-state index in [-0.39, 0.29) is 5.91 Å². The summed E-state index contributed by atoms with van der Waals surface area (Å²) in [7, 11) is 0. The molecule has 0 atom stereocenters. The van der Waals surface area contributed by atoms with Crippen molar-refractivity contribution in [1.29, 1.82) is 0 Å². The van der Waals surface area contributed by atoms with E-state index in [1.807, 2.05) is 0 Å². The standard InChI is InChI=1S/C10H22N4O2/c11-6-4-2-1-3-5-9(15)13-7-8-14-10(12)16/h1-8,11H2,(H,13,15)(H3,12,14,16). The molecule has 0 aliphatic carbocycles. The van der Waals surface area contributed by atoms with Gasteiger partial charge in [0.15, 0.2) is 0 Å². The molecule has 0 aromatic heterocycles. The van der Waals surface area contributed by atoms with Gasteiger partial charge in [-0.25, -0.2) is 4.79 Å². The predicted molar refractivity (Wildman–Crippen MR) is 62.7 cm³/mol. The zero-order valence-corrected chi connectivity index (χ0v) is 9.63. The van der Waals surface area contributed by atoms with Crippen molar-refractivity contribution in [3.05, 3.63) is 0 Å². The van der Waals surface area contributed by atoms with E-state index in [4.69, 9.17) is 11.5 Å². The van der Waals surface area contributed by atoms with E-state index in [1.54, 1.807) is 0 Å². The second kappa shape index (κ2) is 10.2. The highest BCUT2D eigenvalue weighted by atomic mass is 16.2. The molecule has 0 saturated carbocycles. The Hall–Kier alpha value is -1.30. The van der Waals surface area contributed by atoms with Crippen molar-refractivity contribution < 1.29 is 9.59 Å². The van der Waals surface area contributed by atoms with E-state index in [9.17, 15) is 9.59 Å². The molecule has 0 aliphatic heterocycles. The number of urea groups is 1. The van der Waals surface area contributed by atoms with Gasteiger partial charge >= 0.3 is 6.03 Å². The monoisotopic (exact) mass is 230 g/mol. The topological polar surface area (TPSA) is 110 Å². The fourth-order valence-corrected chi connectivity index (χ4v) is 1.26. The highest BCUT2D eigenvalue weighted by Gasteiger charge is 2.00. The molecular formula is C10H22N4O2. The minimum absolute atomic E-state index is 0.0130. The molecule has 94 valence electrons. The molecule has 6 heteroatoms. The van der Waals surface area contributed by atoms with Crippen LogP contribution in [0.5, 0.6) is 0 Å². The number of hydrogen-bond acceptors (Lipinski definition) is 3. The van der Waals surface area contributed by atoms with Gasteiger partial charge in [-0.3, -0.25) is 4.79 Å². The van der Waals surface area contributed by atoms with Crippen LogP contribution in [0.4, 0.5) is 4.79 Å². The number of nitrogens with two attached hydrogens (primary N) is 2. The third-order valence-electron chi connectivity index (χ3n) is 2.10. The van der Waals surface area contributed by atoms with Gasteiger partial charge in [0, 0.05) is 19.5 Å². The SMILES string of the molecule is NCCCCCCC(=O)NCCNC(N)=O. The molecule has 0 fully saturated rings. The third kappa shape index (κ3) is 10.8. The number of carbonyl (C=O) groups excluding carboxylic acids is 2. The first-order valence-electron chi connectivity index (χ1n) is 5.67. The van der Waals surface area contributed by atoms with E-state index in [0.29, 0.717) is 26.1 Å². The number of rotatable bonds is 9. The van der Waals surface area contributed by atoms with Gasteiger partial charge in [-0.1, -0.05) is 12.8 Å². The molecule has 16 heavy (non-hydrogen) atoms. The van der Waals surface area contributed by atoms with Crippen molar-refractivity contribution >= 4 is 11.9 Å². The van der Waals surface area contributed by atoms with E-state index in [0.717, 1.165) is 25.7 Å². The van der Waals surface area contributed by atoms with Crippen molar-refractivity contribution in [3.63, 3.8) is 0 Å². The molecule has 0 spiro atoms. The largest absolute Gasteiger partial charge is 0.354 e. The summed E-state index contributed by atoms with van der Waals surface area (Å²) in [5.41, 5.74) is 10.2. The number of carbonyl (C=O) groups is 2. The molecular weight excluding hydrogens is 208 g/mol. The van der Waals surface area contributed by atoms with E-state index < -0.39 is 6.03 Å². The van der Waals surface area contributed by atoms with Gasteiger partial charge in [-0.15, -0.1) is 0 Å². The van der Waals surface area contributed by atoms with E-state index in [1.165, 1.54) is 0 Å². The van der Waals surface area contributed by atoms with Gasteiger partial charge < -0.3 is 22.1 Å². The van der Waals surface area contributed by atoms with E-state index in [2.05, 4.69) is 10.6 Å². The second-order valence-corrected chi connectivity index (χ2v) is 3.59. The minimum atomic E-state index is -0.573. The summed E-state index contributed by atoms with van der Waals surface area (Å²) in [6, 6.07) is -0.573. The number of hydrogen-bond donors (Lipinski definition) is 4. The zero-order valence-electron chi connectivity index (χ0n) is 9.63. The summed E-state index contributed by atoms with van der Waals surface area (Å²) in [6.07, 6.45) is 4.54. The molecule has 6 nitrogen and oxygen atoms in total. The normalized spacial score (nSPS) is 9.81. The van der Waals surface area contributed by atoms with Crippen LogP contribution in [-0.2, 0) is 4.79 Å². The van der Waals surface area contributed by atoms with Crippen molar-refractivity contribution in [3.8, 4) is 0 Å². The predicted octanol–water partition coefficient (Wildman–Crippen LogP) is -0.320. The van der Waals surface area contributed by atoms with Crippen LogP contribution in [0.3, 0.4) is 0 Å². The Balaban J connectivity index is 3.21. The van der Waals surface area contributed by atoms with Gasteiger partial charge in [0.2, 0.25) is 5.91 Å². The van der Waals surface area contributed by atoms with Crippen LogP contribution in [0.1, 0.15) is 32.1 Å². The lowest BCUT2D eigenvalue weighted by atomic mass is 10.1.